The van der Waals surface area contributed by atoms with E-state index in [2.05, 4.69) is 19.2 Å². The lowest BCUT2D eigenvalue weighted by Gasteiger charge is -2.07. The Morgan fingerprint density at radius 1 is 1.36 bits per heavy atom. The molecular formula is C10H17NO3. The molecule has 4 nitrogen and oxygen atoms in total. The van der Waals surface area contributed by atoms with Crippen molar-refractivity contribution < 1.29 is 13.9 Å². The Hall–Kier alpha value is -1.16. The standard InChI is InChI=1S/C10H17NO3/c1-7(2)11-5-8-10(13-4)9(12-3)6-14-8/h6-7,11H,5H2,1-4H3. The number of rotatable bonds is 5. The molecule has 1 aromatic rings. The number of methoxy groups -OCH3 is 2. The van der Waals surface area contributed by atoms with Crippen LogP contribution in [0.4, 0.5) is 0 Å². The molecule has 0 saturated carbocycles. The second-order valence-electron chi connectivity index (χ2n) is 3.30. The monoisotopic (exact) mass is 199 g/mol. The third kappa shape index (κ3) is 2.42. The molecule has 0 atom stereocenters. The van der Waals surface area contributed by atoms with E-state index in [1.807, 2.05) is 0 Å². The molecule has 1 heterocycles. The quantitative estimate of drug-likeness (QED) is 0.785. The van der Waals surface area contributed by atoms with Gasteiger partial charge >= 0.3 is 0 Å². The van der Waals surface area contributed by atoms with Crippen LogP contribution in [0.15, 0.2) is 10.7 Å². The number of hydrogen-bond acceptors (Lipinski definition) is 4. The Morgan fingerprint density at radius 3 is 2.57 bits per heavy atom. The summed E-state index contributed by atoms with van der Waals surface area (Å²) in [5.74, 6) is 2.06. The molecule has 0 saturated heterocycles. The van der Waals surface area contributed by atoms with Crippen LogP contribution in [0.2, 0.25) is 0 Å². The average molecular weight is 199 g/mol. The lowest BCUT2D eigenvalue weighted by Crippen LogP contribution is -2.21. The minimum atomic E-state index is 0.413. The zero-order valence-electron chi connectivity index (χ0n) is 9.09. The number of furan rings is 1. The Morgan fingerprint density at radius 2 is 2.07 bits per heavy atom. The molecule has 0 aromatic carbocycles. The summed E-state index contributed by atoms with van der Waals surface area (Å²) < 4.78 is 15.6. The summed E-state index contributed by atoms with van der Waals surface area (Å²) in [6, 6.07) is 0.413. The molecule has 4 heteroatoms. The largest absolute Gasteiger partial charge is 0.490 e. The predicted octanol–water partition coefficient (Wildman–Crippen LogP) is 1.79. The lowest BCUT2D eigenvalue weighted by molar-refractivity contribution is 0.352. The average Bonchev–Trinajstić information content (AvgIpc) is 2.56. The van der Waals surface area contributed by atoms with Gasteiger partial charge in [0.1, 0.15) is 6.26 Å². The van der Waals surface area contributed by atoms with E-state index in [-0.39, 0.29) is 0 Å². The highest BCUT2D eigenvalue weighted by Crippen LogP contribution is 2.32. The van der Waals surface area contributed by atoms with Crippen molar-refractivity contribution in [2.45, 2.75) is 26.4 Å². The summed E-state index contributed by atoms with van der Waals surface area (Å²) in [6.07, 6.45) is 1.55. The number of ether oxygens (including phenoxy) is 2. The molecule has 0 aliphatic heterocycles. The van der Waals surface area contributed by atoms with Gasteiger partial charge in [-0.05, 0) is 0 Å². The Labute approximate surface area is 84.2 Å². The minimum absolute atomic E-state index is 0.413. The molecule has 0 aliphatic carbocycles. The summed E-state index contributed by atoms with van der Waals surface area (Å²) in [4.78, 5) is 0. The zero-order valence-corrected chi connectivity index (χ0v) is 9.09. The first-order valence-electron chi connectivity index (χ1n) is 4.60. The van der Waals surface area contributed by atoms with E-state index in [1.54, 1.807) is 20.5 Å². The van der Waals surface area contributed by atoms with Gasteiger partial charge in [-0.3, -0.25) is 0 Å². The molecule has 80 valence electrons. The van der Waals surface area contributed by atoms with E-state index < -0.39 is 0 Å². The van der Waals surface area contributed by atoms with Crippen molar-refractivity contribution in [3.8, 4) is 11.5 Å². The van der Waals surface area contributed by atoms with Crippen molar-refractivity contribution in [1.82, 2.24) is 5.32 Å². The maximum absolute atomic E-state index is 5.32. The van der Waals surface area contributed by atoms with Gasteiger partial charge in [0.25, 0.3) is 0 Å². The van der Waals surface area contributed by atoms with Crippen LogP contribution in [0.25, 0.3) is 0 Å². The molecule has 0 aliphatic rings. The van der Waals surface area contributed by atoms with Crippen LogP contribution in [0, 0.1) is 0 Å². The van der Waals surface area contributed by atoms with Gasteiger partial charge in [-0.25, -0.2) is 0 Å². The number of hydrogen-bond donors (Lipinski definition) is 1. The first-order chi connectivity index (χ1) is 6.69. The van der Waals surface area contributed by atoms with Crippen LogP contribution in [0.1, 0.15) is 19.6 Å². The fourth-order valence-electron chi connectivity index (χ4n) is 1.14. The van der Waals surface area contributed by atoms with Gasteiger partial charge < -0.3 is 19.2 Å². The SMILES string of the molecule is COc1coc(CNC(C)C)c1OC. The van der Waals surface area contributed by atoms with E-state index in [0.29, 0.717) is 24.1 Å². The molecule has 0 radical (unpaired) electrons. The Bertz CT molecular complexity index is 281. The van der Waals surface area contributed by atoms with Gasteiger partial charge in [0, 0.05) is 6.04 Å². The second kappa shape index (κ2) is 4.91. The van der Waals surface area contributed by atoms with Gasteiger partial charge in [0.15, 0.2) is 11.5 Å². The van der Waals surface area contributed by atoms with E-state index in [1.165, 1.54) is 0 Å². The van der Waals surface area contributed by atoms with E-state index in [0.717, 1.165) is 5.76 Å². The summed E-state index contributed by atoms with van der Waals surface area (Å²) in [6.45, 7) is 4.80. The highest BCUT2D eigenvalue weighted by molar-refractivity contribution is 5.40. The summed E-state index contributed by atoms with van der Waals surface area (Å²) >= 11 is 0. The first-order valence-corrected chi connectivity index (χ1v) is 4.60. The number of nitrogens with one attached hydrogen (secondary N) is 1. The van der Waals surface area contributed by atoms with Crippen LogP contribution >= 0.6 is 0 Å². The third-order valence-corrected chi connectivity index (χ3v) is 1.88. The lowest BCUT2D eigenvalue weighted by atomic mass is 10.3. The fraction of sp³-hybridized carbons (Fsp3) is 0.600. The molecule has 1 aromatic heterocycles. The highest BCUT2D eigenvalue weighted by atomic mass is 16.5. The van der Waals surface area contributed by atoms with Crippen LogP contribution in [0.5, 0.6) is 11.5 Å². The highest BCUT2D eigenvalue weighted by Gasteiger charge is 2.14. The summed E-state index contributed by atoms with van der Waals surface area (Å²) in [7, 11) is 3.19. The molecule has 14 heavy (non-hydrogen) atoms. The van der Waals surface area contributed by atoms with Crippen molar-refractivity contribution in [3.63, 3.8) is 0 Å². The van der Waals surface area contributed by atoms with Gasteiger partial charge in [0.2, 0.25) is 5.75 Å². The van der Waals surface area contributed by atoms with Gasteiger partial charge in [0.05, 0.1) is 20.8 Å². The Balaban J connectivity index is 2.71. The van der Waals surface area contributed by atoms with Gasteiger partial charge in [-0.15, -0.1) is 0 Å². The van der Waals surface area contributed by atoms with Gasteiger partial charge in [-0.2, -0.15) is 0 Å². The molecule has 0 unspecified atom stereocenters. The van der Waals surface area contributed by atoms with Crippen LogP contribution in [-0.2, 0) is 6.54 Å². The van der Waals surface area contributed by atoms with Crippen molar-refractivity contribution >= 4 is 0 Å². The van der Waals surface area contributed by atoms with Crippen LogP contribution in [-0.4, -0.2) is 20.3 Å². The van der Waals surface area contributed by atoms with E-state index >= 15 is 0 Å². The molecule has 0 fully saturated rings. The Kier molecular flexibility index (Phi) is 3.83. The van der Waals surface area contributed by atoms with Crippen LogP contribution < -0.4 is 14.8 Å². The van der Waals surface area contributed by atoms with Crippen LogP contribution in [0.3, 0.4) is 0 Å². The summed E-state index contributed by atoms with van der Waals surface area (Å²) in [5, 5.41) is 3.24. The van der Waals surface area contributed by atoms with Crippen molar-refractivity contribution in [3.05, 3.63) is 12.0 Å². The molecule has 0 bridgehead atoms. The molecule has 0 spiro atoms. The summed E-state index contributed by atoms with van der Waals surface area (Å²) in [5.41, 5.74) is 0. The van der Waals surface area contributed by atoms with Crippen molar-refractivity contribution in [2.75, 3.05) is 14.2 Å². The smallest absolute Gasteiger partial charge is 0.204 e. The zero-order chi connectivity index (χ0) is 10.6. The molecule has 1 rings (SSSR count). The minimum Gasteiger partial charge on any atom is -0.490 e. The first kappa shape index (κ1) is 10.9. The van der Waals surface area contributed by atoms with Gasteiger partial charge in [-0.1, -0.05) is 13.8 Å². The molecular weight excluding hydrogens is 182 g/mol. The second-order valence-corrected chi connectivity index (χ2v) is 3.30. The topological polar surface area (TPSA) is 43.6 Å². The molecule has 0 amide bonds. The predicted molar refractivity (Wildman–Crippen MR) is 53.8 cm³/mol. The fourth-order valence-corrected chi connectivity index (χ4v) is 1.14. The third-order valence-electron chi connectivity index (χ3n) is 1.88. The van der Waals surface area contributed by atoms with E-state index in [9.17, 15) is 0 Å². The normalized spacial score (nSPS) is 10.6. The molecule has 1 N–H and O–H groups in total. The van der Waals surface area contributed by atoms with Crippen molar-refractivity contribution in [1.29, 1.82) is 0 Å². The maximum Gasteiger partial charge on any atom is 0.204 e. The van der Waals surface area contributed by atoms with E-state index in [4.69, 9.17) is 13.9 Å². The van der Waals surface area contributed by atoms with Crippen molar-refractivity contribution in [2.24, 2.45) is 0 Å². The maximum atomic E-state index is 5.32.